The Kier molecular flexibility index (Phi) is 9.19. The zero-order chi connectivity index (χ0) is 11.6. The van der Waals surface area contributed by atoms with Gasteiger partial charge in [-0.1, -0.05) is 18.2 Å². The van der Waals surface area contributed by atoms with Gasteiger partial charge in [0.2, 0.25) is 5.91 Å². The monoisotopic (exact) mass is 258 g/mol. The topological polar surface area (TPSA) is 64.3 Å². The Hall–Kier alpha value is -1.26. The number of carbonyl (C=O) groups is 1. The summed E-state index contributed by atoms with van der Waals surface area (Å²) in [5, 5.41) is 2.77. The minimum absolute atomic E-state index is 0. The van der Waals surface area contributed by atoms with Gasteiger partial charge in [-0.15, -0.1) is 12.4 Å². The molecule has 1 aromatic rings. The van der Waals surface area contributed by atoms with Crippen LogP contribution in [0.4, 0.5) is 0 Å². The summed E-state index contributed by atoms with van der Waals surface area (Å²) < 4.78 is 5.40. The van der Waals surface area contributed by atoms with Crippen molar-refractivity contribution in [1.29, 1.82) is 0 Å². The van der Waals surface area contributed by atoms with Gasteiger partial charge in [-0.2, -0.15) is 0 Å². The molecule has 0 aromatic heterocycles. The number of para-hydroxylation sites is 1. The Morgan fingerprint density at radius 2 is 2.00 bits per heavy atom. The molecule has 4 nitrogen and oxygen atoms in total. The summed E-state index contributed by atoms with van der Waals surface area (Å²) in [6.45, 7) is 1.64. The third-order valence-corrected chi connectivity index (χ3v) is 2.04. The van der Waals surface area contributed by atoms with Crippen LogP contribution in [0.5, 0.6) is 5.75 Å². The molecule has 96 valence electrons. The molecular weight excluding hydrogens is 240 g/mol. The van der Waals surface area contributed by atoms with E-state index in [9.17, 15) is 4.79 Å². The lowest BCUT2D eigenvalue weighted by Crippen LogP contribution is -2.27. The lowest BCUT2D eigenvalue weighted by atomic mass is 10.3. The highest BCUT2D eigenvalue weighted by Gasteiger charge is 2.00. The van der Waals surface area contributed by atoms with E-state index in [2.05, 4.69) is 5.32 Å². The number of carbonyl (C=O) groups excluding carboxylic acids is 1. The molecule has 0 saturated heterocycles. The van der Waals surface area contributed by atoms with Crippen molar-refractivity contribution in [2.75, 3.05) is 19.7 Å². The summed E-state index contributed by atoms with van der Waals surface area (Å²) in [6, 6.07) is 9.46. The quantitative estimate of drug-likeness (QED) is 0.726. The Morgan fingerprint density at radius 1 is 1.29 bits per heavy atom. The Morgan fingerprint density at radius 3 is 2.65 bits per heavy atom. The van der Waals surface area contributed by atoms with Crippen LogP contribution in [0.3, 0.4) is 0 Å². The van der Waals surface area contributed by atoms with Crippen molar-refractivity contribution in [2.24, 2.45) is 5.73 Å². The number of hydrogen-bond acceptors (Lipinski definition) is 3. The normalized spacial score (nSPS) is 9.24. The number of nitrogens with one attached hydrogen (secondary N) is 1. The van der Waals surface area contributed by atoms with Crippen LogP contribution in [-0.2, 0) is 4.79 Å². The van der Waals surface area contributed by atoms with Crippen molar-refractivity contribution in [3.05, 3.63) is 30.3 Å². The first-order valence-corrected chi connectivity index (χ1v) is 5.47. The van der Waals surface area contributed by atoms with Gasteiger partial charge >= 0.3 is 0 Å². The van der Waals surface area contributed by atoms with Gasteiger partial charge in [0, 0.05) is 6.54 Å². The third kappa shape index (κ3) is 7.60. The lowest BCUT2D eigenvalue weighted by Gasteiger charge is -2.06. The molecule has 0 aliphatic heterocycles. The van der Waals surface area contributed by atoms with Crippen molar-refractivity contribution in [3.8, 4) is 5.75 Å². The number of ether oxygens (including phenoxy) is 1. The number of benzene rings is 1. The summed E-state index contributed by atoms with van der Waals surface area (Å²) in [5.41, 5.74) is 5.31. The highest BCUT2D eigenvalue weighted by Crippen LogP contribution is 2.08. The van der Waals surface area contributed by atoms with Crippen molar-refractivity contribution in [3.63, 3.8) is 0 Å². The molecule has 0 unspecified atom stereocenters. The van der Waals surface area contributed by atoms with Crippen molar-refractivity contribution in [1.82, 2.24) is 5.32 Å². The van der Waals surface area contributed by atoms with E-state index in [0.29, 0.717) is 26.1 Å². The summed E-state index contributed by atoms with van der Waals surface area (Å²) in [4.78, 5) is 11.3. The maximum atomic E-state index is 11.3. The highest BCUT2D eigenvalue weighted by atomic mass is 35.5. The molecule has 0 heterocycles. The Labute approximate surface area is 108 Å². The lowest BCUT2D eigenvalue weighted by molar-refractivity contribution is -0.121. The molecule has 0 saturated carbocycles. The average molecular weight is 259 g/mol. The van der Waals surface area contributed by atoms with Gasteiger partial charge in [0.15, 0.2) is 0 Å². The van der Waals surface area contributed by atoms with E-state index >= 15 is 0 Å². The second kappa shape index (κ2) is 9.93. The molecule has 1 aromatic carbocycles. The summed E-state index contributed by atoms with van der Waals surface area (Å²) in [6.07, 6.45) is 1.19. The molecule has 1 amide bonds. The zero-order valence-electron chi connectivity index (χ0n) is 9.72. The van der Waals surface area contributed by atoms with Gasteiger partial charge in [0.05, 0.1) is 13.0 Å². The van der Waals surface area contributed by atoms with Gasteiger partial charge < -0.3 is 15.8 Å². The number of amides is 1. The molecular formula is C12H19ClN2O2. The average Bonchev–Trinajstić information content (AvgIpc) is 2.31. The van der Waals surface area contributed by atoms with Crippen LogP contribution in [0.2, 0.25) is 0 Å². The van der Waals surface area contributed by atoms with Crippen molar-refractivity contribution in [2.45, 2.75) is 12.8 Å². The fraction of sp³-hybridized carbons (Fsp3) is 0.417. The molecule has 0 bridgehead atoms. The van der Waals surface area contributed by atoms with Gasteiger partial charge in [-0.05, 0) is 25.1 Å². The van der Waals surface area contributed by atoms with E-state index in [1.54, 1.807) is 0 Å². The van der Waals surface area contributed by atoms with Gasteiger partial charge in [-0.3, -0.25) is 4.79 Å². The largest absolute Gasteiger partial charge is 0.493 e. The predicted molar refractivity (Wildman–Crippen MR) is 70.5 cm³/mol. The molecule has 3 N–H and O–H groups in total. The van der Waals surface area contributed by atoms with Gasteiger partial charge in [-0.25, -0.2) is 0 Å². The van der Waals surface area contributed by atoms with E-state index in [1.807, 2.05) is 30.3 Å². The van der Waals surface area contributed by atoms with Crippen LogP contribution in [0.1, 0.15) is 12.8 Å². The minimum Gasteiger partial charge on any atom is -0.493 e. The van der Waals surface area contributed by atoms with E-state index in [0.717, 1.165) is 12.2 Å². The fourth-order valence-corrected chi connectivity index (χ4v) is 1.20. The summed E-state index contributed by atoms with van der Waals surface area (Å²) in [5.74, 6) is 0.793. The van der Waals surface area contributed by atoms with Crippen molar-refractivity contribution >= 4 is 18.3 Å². The smallest absolute Gasteiger partial charge is 0.223 e. The zero-order valence-corrected chi connectivity index (χ0v) is 10.5. The Balaban J connectivity index is 0.00000256. The number of halogens is 1. The summed E-state index contributed by atoms with van der Waals surface area (Å²) >= 11 is 0. The molecule has 0 aliphatic carbocycles. The minimum atomic E-state index is 0. The third-order valence-electron chi connectivity index (χ3n) is 2.04. The second-order valence-electron chi connectivity index (χ2n) is 3.40. The van der Waals surface area contributed by atoms with E-state index in [1.165, 1.54) is 0 Å². The van der Waals surface area contributed by atoms with Gasteiger partial charge in [0.25, 0.3) is 0 Å². The SMILES string of the molecule is Cl.NCCCNC(=O)CCOc1ccccc1. The standard InChI is InChI=1S/C12H18N2O2.ClH/c13-8-4-9-14-12(15)7-10-16-11-5-2-1-3-6-11;/h1-3,5-6H,4,7-10,13H2,(H,14,15);1H. The molecule has 5 heteroatoms. The first-order chi connectivity index (χ1) is 7.83. The van der Waals surface area contributed by atoms with Crippen LogP contribution in [0.25, 0.3) is 0 Å². The highest BCUT2D eigenvalue weighted by molar-refractivity contribution is 5.85. The fourth-order valence-electron chi connectivity index (χ4n) is 1.20. The van der Waals surface area contributed by atoms with Gasteiger partial charge in [0.1, 0.15) is 5.75 Å². The van der Waals surface area contributed by atoms with E-state index < -0.39 is 0 Å². The molecule has 0 atom stereocenters. The molecule has 0 spiro atoms. The molecule has 0 radical (unpaired) electrons. The maximum absolute atomic E-state index is 11.3. The van der Waals surface area contributed by atoms with E-state index in [4.69, 9.17) is 10.5 Å². The first kappa shape index (κ1) is 15.7. The second-order valence-corrected chi connectivity index (χ2v) is 3.40. The number of hydrogen-bond donors (Lipinski definition) is 2. The van der Waals surface area contributed by atoms with Crippen LogP contribution < -0.4 is 15.8 Å². The Bertz CT molecular complexity index is 307. The predicted octanol–water partition coefficient (Wildman–Crippen LogP) is 1.34. The summed E-state index contributed by atoms with van der Waals surface area (Å²) in [7, 11) is 0. The maximum Gasteiger partial charge on any atom is 0.223 e. The number of nitrogens with two attached hydrogens (primary N) is 1. The van der Waals surface area contributed by atoms with Crippen LogP contribution >= 0.6 is 12.4 Å². The van der Waals surface area contributed by atoms with Crippen LogP contribution in [0.15, 0.2) is 30.3 Å². The molecule has 0 aliphatic rings. The van der Waals surface area contributed by atoms with Crippen molar-refractivity contribution < 1.29 is 9.53 Å². The van der Waals surface area contributed by atoms with Crippen LogP contribution in [0, 0.1) is 0 Å². The van der Waals surface area contributed by atoms with E-state index in [-0.39, 0.29) is 18.3 Å². The first-order valence-electron chi connectivity index (χ1n) is 5.47. The number of rotatable bonds is 7. The van der Waals surface area contributed by atoms with Crippen LogP contribution in [-0.4, -0.2) is 25.6 Å². The molecule has 17 heavy (non-hydrogen) atoms. The molecule has 0 fully saturated rings. The molecule has 1 rings (SSSR count).